The van der Waals surface area contributed by atoms with E-state index in [0.717, 1.165) is 18.1 Å². The Hall–Kier alpha value is -1.50. The van der Waals surface area contributed by atoms with Crippen molar-refractivity contribution in [3.05, 3.63) is 47.1 Å². The Labute approximate surface area is 123 Å². The summed E-state index contributed by atoms with van der Waals surface area (Å²) in [6.07, 6.45) is 7.47. The molecule has 2 rings (SSSR count). The standard InChI is InChI=1S/C19H26O/c1-14(17-9-11-18(20-4)12-10-17)8-13-19-15(2)6-5-7-16(19)3/h8-12,15H,5-7,13H2,1-4H3/b14-8+. The number of rotatable bonds is 4. The van der Waals surface area contributed by atoms with E-state index in [1.807, 2.05) is 12.1 Å². The van der Waals surface area contributed by atoms with Gasteiger partial charge in [0.2, 0.25) is 0 Å². The maximum absolute atomic E-state index is 5.21. The molecule has 1 aliphatic carbocycles. The van der Waals surface area contributed by atoms with E-state index in [1.165, 1.54) is 30.4 Å². The zero-order chi connectivity index (χ0) is 14.5. The molecule has 1 heteroatoms. The summed E-state index contributed by atoms with van der Waals surface area (Å²) in [7, 11) is 1.71. The van der Waals surface area contributed by atoms with Gasteiger partial charge < -0.3 is 4.74 Å². The van der Waals surface area contributed by atoms with Crippen LogP contribution in [0.25, 0.3) is 5.57 Å². The Balaban J connectivity index is 2.10. The second kappa shape index (κ2) is 6.78. The molecule has 1 atom stereocenters. The van der Waals surface area contributed by atoms with Crippen LogP contribution in [0.3, 0.4) is 0 Å². The molecule has 1 aromatic carbocycles. The molecule has 0 saturated heterocycles. The summed E-state index contributed by atoms with van der Waals surface area (Å²) in [5.41, 5.74) is 5.91. The number of allylic oxidation sites excluding steroid dienone is 4. The van der Waals surface area contributed by atoms with E-state index in [2.05, 4.69) is 39.0 Å². The van der Waals surface area contributed by atoms with Crippen LogP contribution in [0.15, 0.2) is 41.5 Å². The molecule has 1 aliphatic rings. The molecule has 0 radical (unpaired) electrons. The first kappa shape index (κ1) is 14.9. The average molecular weight is 270 g/mol. The van der Waals surface area contributed by atoms with Gasteiger partial charge in [-0.3, -0.25) is 0 Å². The van der Waals surface area contributed by atoms with Crippen LogP contribution in [-0.2, 0) is 0 Å². The molecule has 108 valence electrons. The molecule has 1 nitrogen and oxygen atoms in total. The van der Waals surface area contributed by atoms with Crippen molar-refractivity contribution >= 4 is 5.57 Å². The molecule has 0 bridgehead atoms. The van der Waals surface area contributed by atoms with Gasteiger partial charge in [0.05, 0.1) is 7.11 Å². The maximum atomic E-state index is 5.21. The zero-order valence-electron chi connectivity index (χ0n) is 13.2. The molecular weight excluding hydrogens is 244 g/mol. The fraction of sp³-hybridized carbons (Fsp3) is 0.474. The van der Waals surface area contributed by atoms with E-state index in [-0.39, 0.29) is 0 Å². The van der Waals surface area contributed by atoms with Crippen molar-refractivity contribution < 1.29 is 4.74 Å². The van der Waals surface area contributed by atoms with Crippen LogP contribution in [0, 0.1) is 5.92 Å². The van der Waals surface area contributed by atoms with Crippen LogP contribution in [0.2, 0.25) is 0 Å². The molecule has 1 unspecified atom stereocenters. The van der Waals surface area contributed by atoms with Gasteiger partial charge in [-0.1, -0.05) is 36.3 Å². The largest absolute Gasteiger partial charge is 0.497 e. The monoisotopic (exact) mass is 270 g/mol. The fourth-order valence-electron chi connectivity index (χ4n) is 3.04. The van der Waals surface area contributed by atoms with Crippen LogP contribution >= 0.6 is 0 Å². The fourth-order valence-corrected chi connectivity index (χ4v) is 3.04. The summed E-state index contributed by atoms with van der Waals surface area (Å²) >= 11 is 0. The lowest BCUT2D eigenvalue weighted by atomic mass is 9.82. The van der Waals surface area contributed by atoms with Crippen molar-refractivity contribution in [3.63, 3.8) is 0 Å². The summed E-state index contributed by atoms with van der Waals surface area (Å²) in [4.78, 5) is 0. The van der Waals surface area contributed by atoms with Gasteiger partial charge in [-0.05, 0) is 68.7 Å². The topological polar surface area (TPSA) is 9.23 Å². The Bertz CT molecular complexity index is 505. The summed E-state index contributed by atoms with van der Waals surface area (Å²) in [6.45, 7) is 6.88. The van der Waals surface area contributed by atoms with Crippen LogP contribution in [0.5, 0.6) is 5.75 Å². The van der Waals surface area contributed by atoms with Gasteiger partial charge in [0.15, 0.2) is 0 Å². The van der Waals surface area contributed by atoms with E-state index < -0.39 is 0 Å². The van der Waals surface area contributed by atoms with Crippen LogP contribution in [0.4, 0.5) is 0 Å². The Morgan fingerprint density at radius 2 is 2.00 bits per heavy atom. The number of hydrogen-bond acceptors (Lipinski definition) is 1. The minimum absolute atomic E-state index is 0.753. The van der Waals surface area contributed by atoms with Crippen LogP contribution in [0.1, 0.15) is 52.0 Å². The molecule has 20 heavy (non-hydrogen) atoms. The first-order chi connectivity index (χ1) is 9.61. The first-order valence-electron chi connectivity index (χ1n) is 7.61. The Morgan fingerprint density at radius 3 is 2.60 bits per heavy atom. The Morgan fingerprint density at radius 1 is 1.30 bits per heavy atom. The molecular formula is C19H26O. The zero-order valence-corrected chi connectivity index (χ0v) is 13.2. The minimum Gasteiger partial charge on any atom is -0.497 e. The van der Waals surface area contributed by atoms with Crippen molar-refractivity contribution in [2.75, 3.05) is 7.11 Å². The second-order valence-corrected chi connectivity index (χ2v) is 5.92. The lowest BCUT2D eigenvalue weighted by molar-refractivity contribution is 0.415. The molecule has 0 N–H and O–H groups in total. The predicted molar refractivity (Wildman–Crippen MR) is 87.0 cm³/mol. The normalized spacial score (nSPS) is 20.2. The van der Waals surface area contributed by atoms with Crippen molar-refractivity contribution in [1.82, 2.24) is 0 Å². The lowest BCUT2D eigenvalue weighted by Crippen LogP contribution is -2.07. The van der Waals surface area contributed by atoms with E-state index in [0.29, 0.717) is 0 Å². The number of benzene rings is 1. The van der Waals surface area contributed by atoms with E-state index >= 15 is 0 Å². The van der Waals surface area contributed by atoms with Crippen molar-refractivity contribution in [2.24, 2.45) is 5.92 Å². The third kappa shape index (κ3) is 3.53. The SMILES string of the molecule is COc1ccc(/C(C)=C/CC2=C(C)CCCC2C)cc1. The molecule has 0 aromatic heterocycles. The molecule has 0 saturated carbocycles. The number of methoxy groups -OCH3 is 1. The van der Waals surface area contributed by atoms with Crippen LogP contribution < -0.4 is 4.74 Å². The number of ether oxygens (including phenoxy) is 1. The number of hydrogen-bond donors (Lipinski definition) is 0. The van der Waals surface area contributed by atoms with Gasteiger partial charge >= 0.3 is 0 Å². The summed E-state index contributed by atoms with van der Waals surface area (Å²) in [5, 5.41) is 0. The summed E-state index contributed by atoms with van der Waals surface area (Å²) < 4.78 is 5.21. The summed E-state index contributed by atoms with van der Waals surface area (Å²) in [5.74, 6) is 1.67. The van der Waals surface area contributed by atoms with Crippen molar-refractivity contribution in [2.45, 2.75) is 46.5 Å². The molecule has 0 heterocycles. The van der Waals surface area contributed by atoms with Gasteiger partial charge in [-0.15, -0.1) is 0 Å². The van der Waals surface area contributed by atoms with E-state index in [4.69, 9.17) is 4.74 Å². The van der Waals surface area contributed by atoms with Crippen molar-refractivity contribution in [1.29, 1.82) is 0 Å². The average Bonchev–Trinajstić information content (AvgIpc) is 2.46. The highest BCUT2D eigenvalue weighted by Crippen LogP contribution is 2.32. The third-order valence-electron chi connectivity index (χ3n) is 4.51. The Kier molecular flexibility index (Phi) is 5.05. The van der Waals surface area contributed by atoms with Gasteiger partial charge in [0.25, 0.3) is 0 Å². The predicted octanol–water partition coefficient (Wildman–Crippen LogP) is 5.63. The highest BCUT2D eigenvalue weighted by atomic mass is 16.5. The van der Waals surface area contributed by atoms with E-state index in [9.17, 15) is 0 Å². The third-order valence-corrected chi connectivity index (χ3v) is 4.51. The highest BCUT2D eigenvalue weighted by Gasteiger charge is 2.15. The van der Waals surface area contributed by atoms with Gasteiger partial charge in [0.1, 0.15) is 5.75 Å². The van der Waals surface area contributed by atoms with Gasteiger partial charge in [-0.25, -0.2) is 0 Å². The molecule has 0 aliphatic heterocycles. The lowest BCUT2D eigenvalue weighted by Gasteiger charge is -2.24. The smallest absolute Gasteiger partial charge is 0.118 e. The summed E-state index contributed by atoms with van der Waals surface area (Å²) in [6, 6.07) is 8.33. The van der Waals surface area contributed by atoms with E-state index in [1.54, 1.807) is 18.3 Å². The molecule has 0 amide bonds. The van der Waals surface area contributed by atoms with Crippen molar-refractivity contribution in [3.8, 4) is 5.75 Å². The molecule has 1 aromatic rings. The highest BCUT2D eigenvalue weighted by molar-refractivity contribution is 5.64. The molecule has 0 spiro atoms. The minimum atomic E-state index is 0.753. The van der Waals surface area contributed by atoms with Gasteiger partial charge in [-0.2, -0.15) is 0 Å². The quantitative estimate of drug-likeness (QED) is 0.645. The second-order valence-electron chi connectivity index (χ2n) is 5.92. The van der Waals surface area contributed by atoms with Gasteiger partial charge in [0, 0.05) is 0 Å². The molecule has 0 fully saturated rings. The van der Waals surface area contributed by atoms with Crippen LogP contribution in [-0.4, -0.2) is 7.11 Å². The maximum Gasteiger partial charge on any atom is 0.118 e. The first-order valence-corrected chi connectivity index (χ1v) is 7.61.